The van der Waals surface area contributed by atoms with E-state index in [2.05, 4.69) is 15.3 Å². The molecule has 1 aromatic heterocycles. The van der Waals surface area contributed by atoms with E-state index >= 15 is 0 Å². The summed E-state index contributed by atoms with van der Waals surface area (Å²) in [5, 5.41) is 3.12. The molecule has 4 rings (SSSR count). The molecule has 1 unspecified atom stereocenters. The smallest absolute Gasteiger partial charge is 0.256 e. The van der Waals surface area contributed by atoms with Gasteiger partial charge in [-0.15, -0.1) is 0 Å². The first-order chi connectivity index (χ1) is 15.3. The molecule has 0 spiro atoms. The van der Waals surface area contributed by atoms with Crippen LogP contribution in [-0.2, 0) is 4.79 Å². The number of amides is 2. The fourth-order valence-corrected chi connectivity index (χ4v) is 4.12. The quantitative estimate of drug-likeness (QED) is 0.624. The second kappa shape index (κ2) is 9.06. The summed E-state index contributed by atoms with van der Waals surface area (Å²) < 4.78 is 27.1. The first-order valence-electron chi connectivity index (χ1n) is 10.8. The molecule has 1 atom stereocenters. The van der Waals surface area contributed by atoms with E-state index in [4.69, 9.17) is 0 Å². The van der Waals surface area contributed by atoms with E-state index in [-0.39, 0.29) is 29.3 Å². The molecule has 6 nitrogen and oxygen atoms in total. The van der Waals surface area contributed by atoms with Crippen LogP contribution in [0.5, 0.6) is 0 Å². The fourth-order valence-electron chi connectivity index (χ4n) is 4.12. The van der Waals surface area contributed by atoms with Crippen LogP contribution in [0.1, 0.15) is 48.9 Å². The number of halogens is 2. The number of aromatic amines is 1. The summed E-state index contributed by atoms with van der Waals surface area (Å²) in [4.78, 5) is 35.0. The molecule has 32 heavy (non-hydrogen) atoms. The number of hydrogen-bond acceptors (Lipinski definition) is 3. The van der Waals surface area contributed by atoms with Crippen LogP contribution in [0.4, 0.5) is 8.78 Å². The van der Waals surface area contributed by atoms with Crippen molar-refractivity contribution in [3.05, 3.63) is 65.5 Å². The van der Waals surface area contributed by atoms with Crippen LogP contribution in [0.25, 0.3) is 11.0 Å². The monoisotopic (exact) mass is 440 g/mol. The number of fused-ring (bicyclic) bond motifs is 1. The molecule has 1 fully saturated rings. The van der Waals surface area contributed by atoms with Crippen molar-refractivity contribution in [3.63, 3.8) is 0 Å². The molecule has 0 bridgehead atoms. The van der Waals surface area contributed by atoms with Crippen LogP contribution in [-0.4, -0.2) is 39.8 Å². The van der Waals surface area contributed by atoms with Crippen molar-refractivity contribution in [2.24, 2.45) is 11.8 Å². The maximum atomic E-state index is 14.0. The maximum absolute atomic E-state index is 14.0. The number of H-pyrrole nitrogens is 1. The maximum Gasteiger partial charge on any atom is 0.256 e. The second-order valence-electron chi connectivity index (χ2n) is 8.56. The molecule has 1 aliphatic rings. The van der Waals surface area contributed by atoms with E-state index in [0.29, 0.717) is 37.8 Å². The first kappa shape index (κ1) is 21.9. The Kier molecular flexibility index (Phi) is 6.21. The lowest BCUT2D eigenvalue weighted by Crippen LogP contribution is -2.44. The Bertz CT molecular complexity index is 1100. The molecule has 0 saturated carbocycles. The number of hydrogen-bond donors (Lipinski definition) is 2. The summed E-state index contributed by atoms with van der Waals surface area (Å²) in [6, 6.07) is 10.4. The molecule has 2 amide bonds. The van der Waals surface area contributed by atoms with E-state index in [1.54, 1.807) is 0 Å². The van der Waals surface area contributed by atoms with Gasteiger partial charge in [-0.3, -0.25) is 9.59 Å². The highest BCUT2D eigenvalue weighted by Gasteiger charge is 2.31. The summed E-state index contributed by atoms with van der Waals surface area (Å²) in [7, 11) is 0. The van der Waals surface area contributed by atoms with Crippen molar-refractivity contribution in [3.8, 4) is 0 Å². The van der Waals surface area contributed by atoms with Gasteiger partial charge in [-0.05, 0) is 43.0 Å². The van der Waals surface area contributed by atoms with Gasteiger partial charge in [0.2, 0.25) is 5.91 Å². The summed E-state index contributed by atoms with van der Waals surface area (Å²) in [5.74, 6) is -1.56. The van der Waals surface area contributed by atoms with Crippen molar-refractivity contribution >= 4 is 22.8 Å². The third-order valence-corrected chi connectivity index (χ3v) is 5.98. The molecule has 168 valence electrons. The lowest BCUT2D eigenvalue weighted by molar-refractivity contribution is -0.127. The minimum Gasteiger partial charge on any atom is -0.346 e. The van der Waals surface area contributed by atoms with Gasteiger partial charge in [0.25, 0.3) is 5.91 Å². The zero-order valence-corrected chi connectivity index (χ0v) is 18.1. The highest BCUT2D eigenvalue weighted by molar-refractivity contribution is 5.94. The van der Waals surface area contributed by atoms with Gasteiger partial charge in [0, 0.05) is 25.1 Å². The molecule has 2 heterocycles. The van der Waals surface area contributed by atoms with Crippen LogP contribution in [0, 0.1) is 23.5 Å². The third-order valence-electron chi connectivity index (χ3n) is 5.98. The Morgan fingerprint density at radius 1 is 1.12 bits per heavy atom. The summed E-state index contributed by atoms with van der Waals surface area (Å²) >= 11 is 0. The van der Waals surface area contributed by atoms with Gasteiger partial charge in [0.1, 0.15) is 17.5 Å². The summed E-state index contributed by atoms with van der Waals surface area (Å²) in [6.45, 7) is 4.72. The van der Waals surface area contributed by atoms with Crippen molar-refractivity contribution in [1.82, 2.24) is 20.2 Å². The van der Waals surface area contributed by atoms with E-state index in [1.807, 2.05) is 38.1 Å². The van der Waals surface area contributed by atoms with Gasteiger partial charge in [-0.25, -0.2) is 13.8 Å². The number of carbonyl (C=O) groups is 2. The Morgan fingerprint density at radius 2 is 1.84 bits per heavy atom. The number of rotatable bonds is 5. The molecule has 0 radical (unpaired) electrons. The molecule has 0 aliphatic carbocycles. The van der Waals surface area contributed by atoms with Gasteiger partial charge in [0.05, 0.1) is 22.6 Å². The lowest BCUT2D eigenvalue weighted by atomic mass is 9.94. The number of para-hydroxylation sites is 2. The standard InChI is InChI=1S/C24H26F2N4O2/c1-14(2)21(22-27-19-5-3-4-6-20(19)28-22)29-23(31)15-9-11-30(12-10-15)24(32)17-8-7-16(25)13-18(17)26/h3-8,13-15,21H,9-12H2,1-2H3,(H,27,28)(H,29,31). The van der Waals surface area contributed by atoms with Crippen LogP contribution in [0.15, 0.2) is 42.5 Å². The van der Waals surface area contributed by atoms with Crippen molar-refractivity contribution < 1.29 is 18.4 Å². The predicted molar refractivity (Wildman–Crippen MR) is 117 cm³/mol. The van der Waals surface area contributed by atoms with Crippen molar-refractivity contribution in [2.45, 2.75) is 32.7 Å². The molecular weight excluding hydrogens is 414 g/mol. The Labute approximate surface area is 185 Å². The van der Waals surface area contributed by atoms with Gasteiger partial charge < -0.3 is 15.2 Å². The minimum atomic E-state index is -0.875. The third kappa shape index (κ3) is 4.49. The van der Waals surface area contributed by atoms with E-state index in [0.717, 1.165) is 23.2 Å². The zero-order chi connectivity index (χ0) is 22.8. The van der Waals surface area contributed by atoms with Crippen LogP contribution in [0.3, 0.4) is 0 Å². The predicted octanol–water partition coefficient (Wildman–Crippen LogP) is 4.21. The highest BCUT2D eigenvalue weighted by Crippen LogP contribution is 2.25. The molecule has 3 aromatic rings. The number of benzene rings is 2. The molecule has 8 heteroatoms. The summed E-state index contributed by atoms with van der Waals surface area (Å²) in [5.41, 5.74) is 1.61. The normalized spacial score (nSPS) is 15.8. The fraction of sp³-hybridized carbons (Fsp3) is 0.375. The number of nitrogens with zero attached hydrogens (tertiary/aromatic N) is 2. The number of likely N-dealkylation sites (tertiary alicyclic amines) is 1. The van der Waals surface area contributed by atoms with Crippen molar-refractivity contribution in [2.75, 3.05) is 13.1 Å². The number of carbonyl (C=O) groups excluding carboxylic acids is 2. The highest BCUT2D eigenvalue weighted by atomic mass is 19.1. The molecule has 1 aliphatic heterocycles. The molecule has 2 N–H and O–H groups in total. The second-order valence-corrected chi connectivity index (χ2v) is 8.56. The van der Waals surface area contributed by atoms with E-state index < -0.39 is 17.5 Å². The lowest BCUT2D eigenvalue weighted by Gasteiger charge is -2.32. The zero-order valence-electron chi connectivity index (χ0n) is 18.1. The average molecular weight is 440 g/mol. The van der Waals surface area contributed by atoms with E-state index in [9.17, 15) is 18.4 Å². The number of piperidine rings is 1. The number of nitrogens with one attached hydrogen (secondary N) is 2. The van der Waals surface area contributed by atoms with E-state index in [1.165, 1.54) is 4.90 Å². The van der Waals surface area contributed by atoms with Crippen LogP contribution >= 0.6 is 0 Å². The summed E-state index contributed by atoms with van der Waals surface area (Å²) in [6.07, 6.45) is 0.955. The van der Waals surface area contributed by atoms with Gasteiger partial charge in [0.15, 0.2) is 0 Å². The van der Waals surface area contributed by atoms with Gasteiger partial charge in [-0.1, -0.05) is 26.0 Å². The van der Waals surface area contributed by atoms with Crippen LogP contribution < -0.4 is 5.32 Å². The van der Waals surface area contributed by atoms with Gasteiger partial charge >= 0.3 is 0 Å². The SMILES string of the molecule is CC(C)C(NC(=O)C1CCN(C(=O)c2ccc(F)cc2F)CC1)c1nc2ccccc2[nH]1. The molecule has 2 aromatic carbocycles. The molecular formula is C24H26F2N4O2. The van der Waals surface area contributed by atoms with Gasteiger partial charge in [-0.2, -0.15) is 0 Å². The Morgan fingerprint density at radius 3 is 2.50 bits per heavy atom. The average Bonchev–Trinajstić information content (AvgIpc) is 3.20. The Balaban J connectivity index is 1.39. The largest absolute Gasteiger partial charge is 0.346 e. The number of aromatic nitrogens is 2. The number of imidazole rings is 1. The Hall–Kier alpha value is -3.29. The topological polar surface area (TPSA) is 78.1 Å². The first-order valence-corrected chi connectivity index (χ1v) is 10.8. The van der Waals surface area contributed by atoms with Crippen molar-refractivity contribution in [1.29, 1.82) is 0 Å². The molecule has 1 saturated heterocycles. The van der Waals surface area contributed by atoms with Crippen LogP contribution in [0.2, 0.25) is 0 Å². The minimum absolute atomic E-state index is 0.0794.